The van der Waals surface area contributed by atoms with Crippen molar-refractivity contribution in [2.45, 2.75) is 51.9 Å². The highest BCUT2D eigenvalue weighted by molar-refractivity contribution is 5.32. The van der Waals surface area contributed by atoms with Crippen molar-refractivity contribution >= 4 is 0 Å². The summed E-state index contributed by atoms with van der Waals surface area (Å²) >= 11 is 0. The van der Waals surface area contributed by atoms with E-state index in [0.29, 0.717) is 0 Å². The van der Waals surface area contributed by atoms with Crippen molar-refractivity contribution in [3.8, 4) is 0 Å². The lowest BCUT2D eigenvalue weighted by atomic mass is 10.1. The number of fused-ring (bicyclic) bond motifs is 1. The molecule has 0 bridgehead atoms. The first kappa shape index (κ1) is 6.51. The predicted molar refractivity (Wildman–Crippen MR) is 46.3 cm³/mol. The predicted octanol–water partition coefficient (Wildman–Crippen LogP) is 3.37. The second kappa shape index (κ2) is 1.67. The van der Waals surface area contributed by atoms with Crippen LogP contribution in [-0.2, 0) is 0 Å². The van der Waals surface area contributed by atoms with Crippen molar-refractivity contribution in [2.24, 2.45) is 16.7 Å². The molecule has 0 aromatic heterocycles. The van der Waals surface area contributed by atoms with E-state index in [-0.39, 0.29) is 0 Å². The molecule has 0 nitrogen and oxygen atoms in total. The molecule has 0 aliphatic heterocycles. The average Bonchev–Trinajstić information content (AvgIpc) is 2.87. The van der Waals surface area contributed by atoms with Crippen molar-refractivity contribution in [3.63, 3.8) is 0 Å². The summed E-state index contributed by atoms with van der Waals surface area (Å²) in [5, 5.41) is 0. The molecule has 0 radical (unpaired) electrons. The molecule has 3 rings (SSSR count). The highest BCUT2D eigenvalue weighted by Gasteiger charge is 2.83. The van der Waals surface area contributed by atoms with Gasteiger partial charge in [0.1, 0.15) is 0 Å². The lowest BCUT2D eigenvalue weighted by Crippen LogP contribution is -1.84. The van der Waals surface area contributed by atoms with E-state index in [0.717, 1.165) is 10.8 Å². The maximum atomic E-state index is 2.31. The van der Waals surface area contributed by atoms with Gasteiger partial charge >= 0.3 is 0 Å². The number of hydrogen-bond donors (Lipinski definition) is 0. The van der Waals surface area contributed by atoms with Crippen LogP contribution in [0.4, 0.5) is 0 Å². The van der Waals surface area contributed by atoms with Crippen LogP contribution in [0.25, 0.3) is 0 Å². The third-order valence-corrected chi connectivity index (χ3v) is 4.58. The molecule has 0 aromatic rings. The molecule has 11 heavy (non-hydrogen) atoms. The number of unbranched alkanes of at least 4 members (excludes halogenated alkanes) is 1. The Kier molecular flexibility index (Phi) is 0.990. The maximum Gasteiger partial charge on any atom is -0.0204 e. The van der Waals surface area contributed by atoms with Gasteiger partial charge in [-0.25, -0.2) is 0 Å². The third kappa shape index (κ3) is 0.666. The minimum atomic E-state index is 0.974. The van der Waals surface area contributed by atoms with E-state index < -0.39 is 0 Å². The summed E-state index contributed by atoms with van der Waals surface area (Å²) < 4.78 is 0. The van der Waals surface area contributed by atoms with Crippen molar-refractivity contribution < 1.29 is 0 Å². The average molecular weight is 150 g/mol. The van der Waals surface area contributed by atoms with E-state index in [1.54, 1.807) is 32.1 Å². The Morgan fingerprint density at radius 2 is 2.18 bits per heavy atom. The fourth-order valence-corrected chi connectivity index (χ4v) is 3.46. The lowest BCUT2D eigenvalue weighted by Gasteiger charge is -1.94. The van der Waals surface area contributed by atoms with Gasteiger partial charge < -0.3 is 0 Å². The fourth-order valence-electron chi connectivity index (χ4n) is 3.46. The molecule has 3 fully saturated rings. The van der Waals surface area contributed by atoms with Gasteiger partial charge in [-0.2, -0.15) is 0 Å². The van der Waals surface area contributed by atoms with E-state index in [2.05, 4.69) is 6.92 Å². The molecular weight excluding hydrogens is 132 g/mol. The van der Waals surface area contributed by atoms with Crippen LogP contribution in [0.3, 0.4) is 0 Å². The van der Waals surface area contributed by atoms with Gasteiger partial charge in [0, 0.05) is 0 Å². The fraction of sp³-hybridized carbons (Fsp3) is 1.00. The lowest BCUT2D eigenvalue weighted by molar-refractivity contribution is 0.562. The molecule has 3 aliphatic carbocycles. The van der Waals surface area contributed by atoms with Crippen LogP contribution in [0.1, 0.15) is 51.9 Å². The molecule has 0 heteroatoms. The number of hydrogen-bond acceptors (Lipinski definition) is 0. The smallest absolute Gasteiger partial charge is 0.0204 e. The van der Waals surface area contributed by atoms with Gasteiger partial charge in [-0.3, -0.25) is 0 Å². The highest BCUT2D eigenvalue weighted by atomic mass is 14.9. The summed E-state index contributed by atoms with van der Waals surface area (Å²) in [5.41, 5.74) is 1.95. The first-order valence-corrected chi connectivity index (χ1v) is 5.33. The van der Waals surface area contributed by atoms with Gasteiger partial charge in [0.25, 0.3) is 0 Å². The first-order chi connectivity index (χ1) is 5.33. The summed E-state index contributed by atoms with van der Waals surface area (Å²) in [4.78, 5) is 0. The van der Waals surface area contributed by atoms with Crippen LogP contribution in [0.15, 0.2) is 0 Å². The molecule has 2 unspecified atom stereocenters. The molecule has 2 atom stereocenters. The minimum absolute atomic E-state index is 0.974. The van der Waals surface area contributed by atoms with E-state index >= 15 is 0 Å². The normalized spacial score (nSPS) is 48.3. The van der Waals surface area contributed by atoms with Gasteiger partial charge in [-0.05, 0) is 48.9 Å². The van der Waals surface area contributed by atoms with Crippen LogP contribution in [0, 0.1) is 16.7 Å². The second-order valence-corrected chi connectivity index (χ2v) is 5.16. The van der Waals surface area contributed by atoms with Gasteiger partial charge in [-0.15, -0.1) is 0 Å². The highest BCUT2D eigenvalue weighted by Crippen LogP contribution is 2.91. The Morgan fingerprint density at radius 1 is 1.36 bits per heavy atom. The van der Waals surface area contributed by atoms with E-state index in [4.69, 9.17) is 0 Å². The Labute approximate surface area is 69.4 Å². The number of rotatable bonds is 3. The second-order valence-electron chi connectivity index (χ2n) is 5.16. The van der Waals surface area contributed by atoms with Gasteiger partial charge in [-0.1, -0.05) is 19.8 Å². The van der Waals surface area contributed by atoms with Crippen molar-refractivity contribution in [1.82, 2.24) is 0 Å². The van der Waals surface area contributed by atoms with Crippen LogP contribution < -0.4 is 0 Å². The van der Waals surface area contributed by atoms with Crippen LogP contribution in [0.5, 0.6) is 0 Å². The molecule has 62 valence electrons. The summed E-state index contributed by atoms with van der Waals surface area (Å²) in [6.45, 7) is 2.31. The molecule has 3 aliphatic rings. The topological polar surface area (TPSA) is 0 Å². The van der Waals surface area contributed by atoms with E-state index in [9.17, 15) is 0 Å². The van der Waals surface area contributed by atoms with E-state index in [1.807, 2.05) is 0 Å². The van der Waals surface area contributed by atoms with Crippen LogP contribution in [0.2, 0.25) is 0 Å². The Hall–Kier alpha value is 0. The van der Waals surface area contributed by atoms with Crippen LogP contribution >= 0.6 is 0 Å². The van der Waals surface area contributed by atoms with Crippen molar-refractivity contribution in [3.05, 3.63) is 0 Å². The quantitative estimate of drug-likeness (QED) is 0.578. The summed E-state index contributed by atoms with van der Waals surface area (Å²) in [7, 11) is 0. The summed E-state index contributed by atoms with van der Waals surface area (Å²) in [6.07, 6.45) is 10.9. The van der Waals surface area contributed by atoms with Crippen molar-refractivity contribution in [1.29, 1.82) is 0 Å². The zero-order chi connectivity index (χ0) is 7.53. The standard InChI is InChI=1S/C11H18/c1-2-3-4-9-7-11(9)8-10(11)5-6-10/h9H,2-8H2,1H3. The Balaban J connectivity index is 1.55. The Bertz CT molecular complexity index is 190. The SMILES string of the molecule is CCCCC1CC12CC21CC1. The molecular formula is C11H18. The monoisotopic (exact) mass is 150 g/mol. The zero-order valence-corrected chi connectivity index (χ0v) is 7.53. The summed E-state index contributed by atoms with van der Waals surface area (Å²) in [6, 6.07) is 0. The first-order valence-electron chi connectivity index (χ1n) is 5.33. The molecule has 0 saturated heterocycles. The van der Waals surface area contributed by atoms with Gasteiger partial charge in [0.2, 0.25) is 0 Å². The molecule has 3 saturated carbocycles. The molecule has 2 spiro atoms. The maximum absolute atomic E-state index is 2.31. The largest absolute Gasteiger partial charge is 0.0654 e. The van der Waals surface area contributed by atoms with Crippen LogP contribution in [-0.4, -0.2) is 0 Å². The van der Waals surface area contributed by atoms with Gasteiger partial charge in [0.15, 0.2) is 0 Å². The molecule has 0 N–H and O–H groups in total. The Morgan fingerprint density at radius 3 is 2.73 bits per heavy atom. The molecule has 0 amide bonds. The minimum Gasteiger partial charge on any atom is -0.0654 e. The molecule has 0 aromatic carbocycles. The van der Waals surface area contributed by atoms with Crippen molar-refractivity contribution in [2.75, 3.05) is 0 Å². The van der Waals surface area contributed by atoms with E-state index in [1.165, 1.54) is 18.8 Å². The molecule has 0 heterocycles. The third-order valence-electron chi connectivity index (χ3n) is 4.58. The zero-order valence-electron chi connectivity index (χ0n) is 7.53. The van der Waals surface area contributed by atoms with Gasteiger partial charge in [0.05, 0.1) is 0 Å². The summed E-state index contributed by atoms with van der Waals surface area (Å²) in [5.74, 6) is 1.19.